The largest absolute Gasteiger partial charge is 4.00 e. The molecular formula is C18H28Ti. The van der Waals surface area contributed by atoms with Crippen LogP contribution in [-0.2, 0) is 21.7 Å². The normalized spacial score (nSPS) is 25.7. The van der Waals surface area contributed by atoms with Gasteiger partial charge in [0.2, 0.25) is 0 Å². The van der Waals surface area contributed by atoms with Gasteiger partial charge in [-0.05, 0) is 0 Å². The molecule has 19 heavy (non-hydrogen) atoms. The van der Waals surface area contributed by atoms with E-state index in [2.05, 4.69) is 67.5 Å². The third-order valence-corrected chi connectivity index (χ3v) is 4.47. The zero-order valence-electron chi connectivity index (χ0n) is 15.7. The van der Waals surface area contributed by atoms with E-state index >= 15 is 0 Å². The molecule has 0 heterocycles. The molecule has 0 saturated carbocycles. The fraction of sp³-hybridized carbons (Fsp3) is 0.556. The van der Waals surface area contributed by atoms with Gasteiger partial charge in [-0.15, -0.1) is 13.8 Å². The molecule has 0 bridgehead atoms. The van der Waals surface area contributed by atoms with Gasteiger partial charge in [0.1, 0.15) is 0 Å². The van der Waals surface area contributed by atoms with E-state index in [1.807, 2.05) is 0 Å². The second-order valence-corrected chi connectivity index (χ2v) is 5.60. The molecular weight excluding hydrogens is 264 g/mol. The first-order valence-corrected chi connectivity index (χ1v) is 6.81. The van der Waals surface area contributed by atoms with Crippen LogP contribution in [0.25, 0.3) is 0 Å². The smallest absolute Gasteiger partial charge is 1.00 e. The van der Waals surface area contributed by atoms with Crippen molar-refractivity contribution in [1.29, 1.82) is 0 Å². The number of hydrogen-bond acceptors (Lipinski definition) is 0. The standard InChI is InChI=1S/2C9H13.Ti.2H/c2*1-6-5-7(2)9(4)8(6)3;;;/h2*6H,1-4H3;;;/q2*-1;+4;2*-1. The fourth-order valence-corrected chi connectivity index (χ4v) is 2.32. The number of rotatable bonds is 0. The van der Waals surface area contributed by atoms with Crippen molar-refractivity contribution in [1.82, 2.24) is 0 Å². The van der Waals surface area contributed by atoms with E-state index < -0.39 is 0 Å². The van der Waals surface area contributed by atoms with Crippen LogP contribution in [0.15, 0.2) is 33.4 Å². The Morgan fingerprint density at radius 3 is 1.00 bits per heavy atom. The van der Waals surface area contributed by atoms with E-state index in [4.69, 9.17) is 0 Å². The fourth-order valence-electron chi connectivity index (χ4n) is 2.32. The van der Waals surface area contributed by atoms with E-state index in [0.717, 1.165) is 0 Å². The monoisotopic (exact) mass is 292 g/mol. The van der Waals surface area contributed by atoms with Crippen molar-refractivity contribution < 1.29 is 24.6 Å². The zero-order valence-corrected chi connectivity index (χ0v) is 15.2. The minimum Gasteiger partial charge on any atom is -1.00 e. The first kappa shape index (κ1) is 18.7. The summed E-state index contributed by atoms with van der Waals surface area (Å²) in [7, 11) is 0. The predicted octanol–water partition coefficient (Wildman–Crippen LogP) is 5.67. The van der Waals surface area contributed by atoms with Crippen molar-refractivity contribution in [3.05, 3.63) is 45.6 Å². The van der Waals surface area contributed by atoms with E-state index in [9.17, 15) is 0 Å². The van der Waals surface area contributed by atoms with Gasteiger partial charge in [0.25, 0.3) is 0 Å². The SMILES string of the molecule is CC1=[C-]C(C)C(C)=C1C.CC1=[C-]C(C)C(C)=C1C.[H-].[H-].[Ti+4]. The molecule has 2 atom stereocenters. The summed E-state index contributed by atoms with van der Waals surface area (Å²) in [5, 5.41) is 0. The summed E-state index contributed by atoms with van der Waals surface area (Å²) >= 11 is 0. The molecule has 0 aromatic rings. The summed E-state index contributed by atoms with van der Waals surface area (Å²) in [6, 6.07) is 0. The van der Waals surface area contributed by atoms with Gasteiger partial charge in [0.05, 0.1) is 0 Å². The summed E-state index contributed by atoms with van der Waals surface area (Å²) in [4.78, 5) is 0. The predicted molar refractivity (Wildman–Crippen MR) is 82.2 cm³/mol. The van der Waals surface area contributed by atoms with E-state index in [0.29, 0.717) is 11.8 Å². The van der Waals surface area contributed by atoms with Crippen LogP contribution in [0.3, 0.4) is 0 Å². The molecule has 2 unspecified atom stereocenters. The first-order valence-electron chi connectivity index (χ1n) is 6.81. The van der Waals surface area contributed by atoms with Crippen LogP contribution in [0, 0.1) is 24.0 Å². The van der Waals surface area contributed by atoms with E-state index in [-0.39, 0.29) is 24.6 Å². The molecule has 2 aliphatic carbocycles. The molecule has 1 heteroatoms. The minimum atomic E-state index is 0. The topological polar surface area (TPSA) is 0 Å². The van der Waals surface area contributed by atoms with Crippen molar-refractivity contribution in [2.45, 2.75) is 55.4 Å². The zero-order chi connectivity index (χ0) is 14.0. The Bertz CT molecular complexity index is 424. The first-order chi connectivity index (χ1) is 8.25. The van der Waals surface area contributed by atoms with Crippen LogP contribution in [0.2, 0.25) is 0 Å². The van der Waals surface area contributed by atoms with Crippen molar-refractivity contribution in [3.63, 3.8) is 0 Å². The molecule has 0 amide bonds. The van der Waals surface area contributed by atoms with E-state index in [1.54, 1.807) is 0 Å². The van der Waals surface area contributed by atoms with Gasteiger partial charge in [-0.3, -0.25) is 12.2 Å². The molecule has 0 nitrogen and oxygen atoms in total. The Morgan fingerprint density at radius 2 is 0.947 bits per heavy atom. The molecule has 0 saturated heterocycles. The third kappa shape index (κ3) is 4.33. The second-order valence-electron chi connectivity index (χ2n) is 5.60. The average molecular weight is 292 g/mol. The van der Waals surface area contributed by atoms with Gasteiger partial charge in [0, 0.05) is 0 Å². The molecule has 0 aromatic carbocycles. The van der Waals surface area contributed by atoms with Gasteiger partial charge in [0.15, 0.2) is 0 Å². The Labute approximate surface area is 137 Å². The molecule has 2 aliphatic rings. The van der Waals surface area contributed by atoms with Crippen LogP contribution < -0.4 is 0 Å². The molecule has 0 fully saturated rings. The molecule has 0 N–H and O–H groups in total. The minimum absolute atomic E-state index is 0. The Morgan fingerprint density at radius 1 is 0.684 bits per heavy atom. The van der Waals surface area contributed by atoms with Crippen molar-refractivity contribution >= 4 is 0 Å². The molecule has 2 rings (SSSR count). The van der Waals surface area contributed by atoms with Gasteiger partial charge < -0.3 is 2.85 Å². The van der Waals surface area contributed by atoms with Crippen LogP contribution >= 0.6 is 0 Å². The van der Waals surface area contributed by atoms with Gasteiger partial charge in [-0.1, -0.05) is 53.4 Å². The quantitative estimate of drug-likeness (QED) is 0.399. The molecule has 104 valence electrons. The summed E-state index contributed by atoms with van der Waals surface area (Å²) in [6.45, 7) is 17.3. The molecule has 0 aromatic heterocycles. The van der Waals surface area contributed by atoms with Crippen molar-refractivity contribution in [3.8, 4) is 0 Å². The Kier molecular flexibility index (Phi) is 7.33. The van der Waals surface area contributed by atoms with Crippen molar-refractivity contribution in [2.24, 2.45) is 11.8 Å². The van der Waals surface area contributed by atoms with Crippen LogP contribution in [-0.4, -0.2) is 0 Å². The van der Waals surface area contributed by atoms with Crippen LogP contribution in [0.5, 0.6) is 0 Å². The summed E-state index contributed by atoms with van der Waals surface area (Å²) < 4.78 is 0. The Balaban J connectivity index is -0.000000270. The van der Waals surface area contributed by atoms with Crippen LogP contribution in [0.1, 0.15) is 58.2 Å². The van der Waals surface area contributed by atoms with E-state index in [1.165, 1.54) is 33.4 Å². The summed E-state index contributed by atoms with van der Waals surface area (Å²) in [5.74, 6) is 1.12. The second kappa shape index (κ2) is 7.45. The maximum Gasteiger partial charge on any atom is 4.00 e. The average Bonchev–Trinajstić information content (AvgIpc) is 2.66. The number of hydrogen-bond donors (Lipinski definition) is 0. The number of allylic oxidation sites excluding steroid dienone is 8. The summed E-state index contributed by atoms with van der Waals surface area (Å²) in [6.07, 6.45) is 6.72. The summed E-state index contributed by atoms with van der Waals surface area (Å²) in [5.41, 5.74) is 8.49. The third-order valence-electron chi connectivity index (χ3n) is 4.47. The van der Waals surface area contributed by atoms with Gasteiger partial charge in [-0.2, -0.15) is 22.3 Å². The maximum absolute atomic E-state index is 3.36. The molecule has 0 spiro atoms. The van der Waals surface area contributed by atoms with Gasteiger partial charge >= 0.3 is 21.7 Å². The maximum atomic E-state index is 3.36. The van der Waals surface area contributed by atoms with Crippen LogP contribution in [0.4, 0.5) is 0 Å². The van der Waals surface area contributed by atoms with Gasteiger partial charge in [-0.25, -0.2) is 11.1 Å². The molecule has 0 radical (unpaired) electrons. The molecule has 0 aliphatic heterocycles. The Hall–Kier alpha value is -0.326. The van der Waals surface area contributed by atoms with Crippen molar-refractivity contribution in [2.75, 3.05) is 0 Å².